The maximum atomic E-state index is 12.4. The molecule has 0 aliphatic carbocycles. The van der Waals surface area contributed by atoms with E-state index in [1.807, 2.05) is 48.5 Å². The minimum Gasteiger partial charge on any atom is -0.454 e. The fourth-order valence-electron chi connectivity index (χ4n) is 3.26. The van der Waals surface area contributed by atoms with Crippen LogP contribution in [0.2, 0.25) is 0 Å². The fourth-order valence-corrected chi connectivity index (χ4v) is 3.26. The predicted octanol–water partition coefficient (Wildman–Crippen LogP) is 2.60. The van der Waals surface area contributed by atoms with Crippen molar-refractivity contribution in [2.45, 2.75) is 6.42 Å². The van der Waals surface area contributed by atoms with Gasteiger partial charge in [-0.3, -0.25) is 9.59 Å². The van der Waals surface area contributed by atoms with E-state index in [4.69, 9.17) is 9.47 Å². The van der Waals surface area contributed by atoms with E-state index < -0.39 is 0 Å². The second-order valence-electron chi connectivity index (χ2n) is 6.60. The Labute approximate surface area is 157 Å². The highest BCUT2D eigenvalue weighted by Gasteiger charge is 2.31. The molecule has 6 nitrogen and oxygen atoms in total. The summed E-state index contributed by atoms with van der Waals surface area (Å²) in [5.74, 6) is 1.32. The van der Waals surface area contributed by atoms with Gasteiger partial charge < -0.3 is 19.7 Å². The smallest absolute Gasteiger partial charge is 0.244 e. The Bertz CT molecular complexity index is 879. The van der Waals surface area contributed by atoms with Crippen LogP contribution in [0.25, 0.3) is 6.08 Å². The van der Waals surface area contributed by atoms with Crippen molar-refractivity contribution in [2.75, 3.05) is 24.8 Å². The molecule has 2 aromatic rings. The summed E-state index contributed by atoms with van der Waals surface area (Å²) in [6, 6.07) is 15.1. The quantitative estimate of drug-likeness (QED) is 0.828. The first kappa shape index (κ1) is 17.1. The average Bonchev–Trinajstić information content (AvgIpc) is 3.31. The minimum atomic E-state index is -0.159. The van der Waals surface area contributed by atoms with Gasteiger partial charge in [0.2, 0.25) is 18.6 Å². The molecular weight excluding hydrogens is 344 g/mol. The summed E-state index contributed by atoms with van der Waals surface area (Å²) >= 11 is 0. The van der Waals surface area contributed by atoms with Gasteiger partial charge in [-0.2, -0.15) is 0 Å². The van der Waals surface area contributed by atoms with E-state index in [0.29, 0.717) is 31.0 Å². The monoisotopic (exact) mass is 364 g/mol. The SMILES string of the molecule is O=C(/C=C\c1ccccc1)NCC1CC(=O)N(c2ccc3c(c2)OCO3)C1. The van der Waals surface area contributed by atoms with Crippen LogP contribution in [0, 0.1) is 5.92 Å². The van der Waals surface area contributed by atoms with Crippen LogP contribution >= 0.6 is 0 Å². The van der Waals surface area contributed by atoms with E-state index in [1.54, 1.807) is 11.0 Å². The van der Waals surface area contributed by atoms with Crippen LogP contribution in [0.1, 0.15) is 12.0 Å². The number of hydrogen-bond acceptors (Lipinski definition) is 4. The maximum absolute atomic E-state index is 12.4. The van der Waals surface area contributed by atoms with Crippen molar-refractivity contribution >= 4 is 23.6 Å². The number of amides is 2. The second-order valence-corrected chi connectivity index (χ2v) is 6.60. The molecule has 2 amide bonds. The zero-order valence-corrected chi connectivity index (χ0v) is 14.8. The first-order chi connectivity index (χ1) is 13.2. The van der Waals surface area contributed by atoms with Gasteiger partial charge in [-0.05, 0) is 23.8 Å². The van der Waals surface area contributed by atoms with E-state index in [-0.39, 0.29) is 24.5 Å². The first-order valence-corrected chi connectivity index (χ1v) is 8.90. The van der Waals surface area contributed by atoms with Gasteiger partial charge in [0.15, 0.2) is 11.5 Å². The van der Waals surface area contributed by atoms with Gasteiger partial charge in [-0.1, -0.05) is 30.3 Å². The molecule has 1 unspecified atom stereocenters. The number of benzene rings is 2. The van der Waals surface area contributed by atoms with Gasteiger partial charge in [0.05, 0.1) is 0 Å². The highest BCUT2D eigenvalue weighted by Crippen LogP contribution is 2.37. The number of carbonyl (C=O) groups excluding carboxylic acids is 2. The molecule has 1 N–H and O–H groups in total. The molecule has 6 heteroatoms. The third kappa shape index (κ3) is 3.95. The molecule has 2 aromatic carbocycles. The van der Waals surface area contributed by atoms with E-state index in [2.05, 4.69) is 5.32 Å². The summed E-state index contributed by atoms with van der Waals surface area (Å²) < 4.78 is 10.7. The number of nitrogens with zero attached hydrogens (tertiary/aromatic N) is 1. The van der Waals surface area contributed by atoms with Crippen LogP contribution in [0.15, 0.2) is 54.6 Å². The molecule has 0 spiro atoms. The molecule has 1 fully saturated rings. The normalized spacial score (nSPS) is 18.3. The Hall–Kier alpha value is -3.28. The highest BCUT2D eigenvalue weighted by molar-refractivity contribution is 5.96. The third-order valence-corrected chi connectivity index (χ3v) is 4.66. The minimum absolute atomic E-state index is 0.0490. The zero-order chi connectivity index (χ0) is 18.6. The summed E-state index contributed by atoms with van der Waals surface area (Å²) in [5.41, 5.74) is 1.76. The number of hydrogen-bond donors (Lipinski definition) is 1. The molecule has 27 heavy (non-hydrogen) atoms. The van der Waals surface area contributed by atoms with Gasteiger partial charge in [-0.25, -0.2) is 0 Å². The molecule has 0 bridgehead atoms. The lowest BCUT2D eigenvalue weighted by atomic mass is 10.1. The van der Waals surface area contributed by atoms with Crippen molar-refractivity contribution in [3.8, 4) is 11.5 Å². The lowest BCUT2D eigenvalue weighted by molar-refractivity contribution is -0.118. The van der Waals surface area contributed by atoms with Crippen molar-refractivity contribution < 1.29 is 19.1 Å². The van der Waals surface area contributed by atoms with Gasteiger partial charge in [0.1, 0.15) is 0 Å². The lowest BCUT2D eigenvalue weighted by Crippen LogP contribution is -2.30. The van der Waals surface area contributed by atoms with E-state index in [0.717, 1.165) is 11.3 Å². The predicted molar refractivity (Wildman–Crippen MR) is 102 cm³/mol. The summed E-state index contributed by atoms with van der Waals surface area (Å²) in [4.78, 5) is 26.1. The molecule has 2 aliphatic heterocycles. The zero-order valence-electron chi connectivity index (χ0n) is 14.8. The molecule has 0 radical (unpaired) electrons. The number of ether oxygens (including phenoxy) is 2. The third-order valence-electron chi connectivity index (χ3n) is 4.66. The van der Waals surface area contributed by atoms with E-state index >= 15 is 0 Å². The van der Waals surface area contributed by atoms with Crippen molar-refractivity contribution in [1.82, 2.24) is 5.32 Å². The van der Waals surface area contributed by atoms with Crippen LogP contribution in [0.4, 0.5) is 5.69 Å². The van der Waals surface area contributed by atoms with Crippen LogP contribution in [0.3, 0.4) is 0 Å². The summed E-state index contributed by atoms with van der Waals surface area (Å²) in [5, 5.41) is 2.88. The molecule has 138 valence electrons. The standard InChI is InChI=1S/C21H20N2O4/c24-20(9-6-15-4-2-1-3-5-15)22-12-16-10-21(25)23(13-16)17-7-8-18-19(11-17)27-14-26-18/h1-9,11,16H,10,12-14H2,(H,22,24)/b9-6-. The molecule has 0 aromatic heterocycles. The van der Waals surface area contributed by atoms with Gasteiger partial charge >= 0.3 is 0 Å². The Morgan fingerprint density at radius 2 is 1.96 bits per heavy atom. The Morgan fingerprint density at radius 1 is 1.15 bits per heavy atom. The van der Waals surface area contributed by atoms with Gasteiger partial charge in [0, 0.05) is 43.3 Å². The molecule has 2 aliphatic rings. The average molecular weight is 364 g/mol. The van der Waals surface area contributed by atoms with Crippen LogP contribution in [-0.2, 0) is 9.59 Å². The molecule has 1 atom stereocenters. The van der Waals surface area contributed by atoms with Crippen molar-refractivity contribution in [2.24, 2.45) is 5.92 Å². The van der Waals surface area contributed by atoms with Crippen molar-refractivity contribution in [3.63, 3.8) is 0 Å². The van der Waals surface area contributed by atoms with Crippen LogP contribution in [-0.4, -0.2) is 31.7 Å². The molecule has 4 rings (SSSR count). The Kier molecular flexibility index (Phi) is 4.78. The van der Waals surface area contributed by atoms with Gasteiger partial charge in [-0.15, -0.1) is 0 Å². The summed E-state index contributed by atoms with van der Waals surface area (Å²) in [7, 11) is 0. The molecule has 0 saturated carbocycles. The molecule has 1 saturated heterocycles. The van der Waals surface area contributed by atoms with E-state index in [9.17, 15) is 9.59 Å². The van der Waals surface area contributed by atoms with E-state index in [1.165, 1.54) is 6.08 Å². The lowest BCUT2D eigenvalue weighted by Gasteiger charge is -2.17. The largest absolute Gasteiger partial charge is 0.454 e. The molecule has 2 heterocycles. The van der Waals surface area contributed by atoms with Gasteiger partial charge in [0.25, 0.3) is 0 Å². The number of carbonyl (C=O) groups is 2. The van der Waals surface area contributed by atoms with Crippen LogP contribution in [0.5, 0.6) is 11.5 Å². The number of nitrogens with one attached hydrogen (secondary N) is 1. The van der Waals surface area contributed by atoms with Crippen molar-refractivity contribution in [3.05, 3.63) is 60.2 Å². The summed E-state index contributed by atoms with van der Waals surface area (Å²) in [6.07, 6.45) is 3.70. The Morgan fingerprint density at radius 3 is 2.81 bits per heavy atom. The highest BCUT2D eigenvalue weighted by atomic mass is 16.7. The Balaban J connectivity index is 1.31. The number of fused-ring (bicyclic) bond motifs is 1. The number of anilines is 1. The number of rotatable bonds is 5. The van der Waals surface area contributed by atoms with Crippen molar-refractivity contribution in [1.29, 1.82) is 0 Å². The first-order valence-electron chi connectivity index (χ1n) is 8.90. The topological polar surface area (TPSA) is 67.9 Å². The fraction of sp³-hybridized carbons (Fsp3) is 0.238. The second kappa shape index (κ2) is 7.53. The summed E-state index contributed by atoms with van der Waals surface area (Å²) in [6.45, 7) is 1.24. The molecular formula is C21H20N2O4. The van der Waals surface area contributed by atoms with Crippen LogP contribution < -0.4 is 19.7 Å². The maximum Gasteiger partial charge on any atom is 0.244 e.